The Kier molecular flexibility index (Phi) is 5.91. The zero-order chi connectivity index (χ0) is 21.8. The molecule has 1 fully saturated rings. The predicted molar refractivity (Wildman–Crippen MR) is 119 cm³/mol. The van der Waals surface area contributed by atoms with E-state index in [1.807, 2.05) is 24.3 Å². The molecule has 3 aromatic carbocycles. The lowest BCUT2D eigenvalue weighted by molar-refractivity contribution is -0.117. The summed E-state index contributed by atoms with van der Waals surface area (Å²) in [4.78, 5) is 25.4. The van der Waals surface area contributed by atoms with E-state index < -0.39 is 11.8 Å². The molecule has 0 bridgehead atoms. The van der Waals surface area contributed by atoms with Crippen molar-refractivity contribution in [1.82, 2.24) is 5.43 Å². The number of nitrogens with zero attached hydrogens (tertiary/aromatic N) is 1. The average Bonchev–Trinajstić information content (AvgIpc) is 3.08. The van der Waals surface area contributed by atoms with Gasteiger partial charge in [-0.3, -0.25) is 15.0 Å². The number of rotatable bonds is 6. The number of hydrazine groups is 1. The molecule has 0 aliphatic carbocycles. The Morgan fingerprint density at radius 1 is 0.968 bits per heavy atom. The molecule has 1 aliphatic heterocycles. The molecule has 1 heterocycles. The lowest BCUT2D eigenvalue weighted by Gasteiger charge is -2.15. The first kappa shape index (κ1) is 20.5. The van der Waals surface area contributed by atoms with Crippen LogP contribution in [0.2, 0.25) is 5.02 Å². The van der Waals surface area contributed by atoms with E-state index in [2.05, 4.69) is 5.43 Å². The highest BCUT2D eigenvalue weighted by Gasteiger charge is 2.34. The summed E-state index contributed by atoms with van der Waals surface area (Å²) in [7, 11) is 1.53. The molecule has 6 nitrogen and oxygen atoms in total. The molecule has 0 saturated carbocycles. The predicted octanol–water partition coefficient (Wildman–Crippen LogP) is 4.39. The standard InChI is InChI=1S/C24H19ClN2O4/c1-30-21-13-7-9-16(22(21)31-15-17-8-5-6-12-20(17)25)14-19-23(28)26-27(24(19)29)18-10-3-2-4-11-18/h2-14H,15H2,1H3,(H,26,28)/b19-14-. The van der Waals surface area contributed by atoms with Crippen molar-refractivity contribution in [1.29, 1.82) is 0 Å². The van der Waals surface area contributed by atoms with E-state index in [0.29, 0.717) is 27.8 Å². The second-order valence-corrected chi connectivity index (χ2v) is 7.14. The minimum absolute atomic E-state index is 0.000278. The number of anilines is 1. The van der Waals surface area contributed by atoms with Crippen molar-refractivity contribution in [3.63, 3.8) is 0 Å². The van der Waals surface area contributed by atoms with Crippen LogP contribution >= 0.6 is 11.6 Å². The first-order chi connectivity index (χ1) is 15.1. The van der Waals surface area contributed by atoms with Crippen LogP contribution in [-0.4, -0.2) is 18.9 Å². The minimum Gasteiger partial charge on any atom is -0.493 e. The molecule has 0 radical (unpaired) electrons. The van der Waals surface area contributed by atoms with Gasteiger partial charge in [-0.2, -0.15) is 0 Å². The number of carbonyl (C=O) groups excluding carboxylic acids is 2. The molecule has 1 N–H and O–H groups in total. The Labute approximate surface area is 184 Å². The lowest BCUT2D eigenvalue weighted by atomic mass is 10.1. The first-order valence-electron chi connectivity index (χ1n) is 9.54. The van der Waals surface area contributed by atoms with Gasteiger partial charge in [-0.15, -0.1) is 0 Å². The Morgan fingerprint density at radius 3 is 2.45 bits per heavy atom. The SMILES string of the molecule is COc1cccc(/C=C2/C(=O)NN(c3ccccc3)C2=O)c1OCc1ccccc1Cl. The molecule has 4 rings (SSSR count). The number of hydrogen-bond acceptors (Lipinski definition) is 4. The third-order valence-corrected chi connectivity index (χ3v) is 5.13. The molecule has 0 spiro atoms. The summed E-state index contributed by atoms with van der Waals surface area (Å²) in [6.07, 6.45) is 1.51. The minimum atomic E-state index is -0.492. The highest BCUT2D eigenvalue weighted by Crippen LogP contribution is 2.34. The number of ether oxygens (including phenoxy) is 2. The smallest absolute Gasteiger partial charge is 0.282 e. The normalized spacial score (nSPS) is 14.6. The van der Waals surface area contributed by atoms with Crippen molar-refractivity contribution in [2.45, 2.75) is 6.61 Å². The number of nitrogens with one attached hydrogen (secondary N) is 1. The van der Waals surface area contributed by atoms with Crippen molar-refractivity contribution < 1.29 is 19.1 Å². The van der Waals surface area contributed by atoms with Crippen LogP contribution in [0.3, 0.4) is 0 Å². The van der Waals surface area contributed by atoms with Crippen molar-refractivity contribution >= 4 is 35.2 Å². The monoisotopic (exact) mass is 434 g/mol. The van der Waals surface area contributed by atoms with Gasteiger partial charge in [0.05, 0.1) is 12.8 Å². The molecule has 1 aliphatic rings. The summed E-state index contributed by atoms with van der Waals surface area (Å²) in [6, 6.07) is 21.5. The fraction of sp³-hybridized carbons (Fsp3) is 0.0833. The summed E-state index contributed by atoms with van der Waals surface area (Å²) in [5, 5.41) is 1.81. The van der Waals surface area contributed by atoms with Crippen LogP contribution in [0.4, 0.5) is 5.69 Å². The number of halogens is 1. The zero-order valence-corrected chi connectivity index (χ0v) is 17.4. The van der Waals surface area contributed by atoms with Gasteiger partial charge in [-0.1, -0.05) is 60.1 Å². The van der Waals surface area contributed by atoms with E-state index >= 15 is 0 Å². The van der Waals surface area contributed by atoms with Crippen molar-refractivity contribution in [3.8, 4) is 11.5 Å². The summed E-state index contributed by atoms with van der Waals surface area (Å²) in [5.41, 5.74) is 4.51. The van der Waals surface area contributed by atoms with Gasteiger partial charge in [-0.25, -0.2) is 5.01 Å². The number of hydrogen-bond donors (Lipinski definition) is 1. The highest BCUT2D eigenvalue weighted by atomic mass is 35.5. The van der Waals surface area contributed by atoms with Gasteiger partial charge in [0.15, 0.2) is 11.5 Å². The lowest BCUT2D eigenvalue weighted by Crippen LogP contribution is -2.35. The first-order valence-corrected chi connectivity index (χ1v) is 9.91. The van der Waals surface area contributed by atoms with Gasteiger partial charge in [0.1, 0.15) is 12.2 Å². The van der Waals surface area contributed by atoms with Crippen LogP contribution in [0.1, 0.15) is 11.1 Å². The van der Waals surface area contributed by atoms with E-state index in [-0.39, 0.29) is 12.2 Å². The Hall–Kier alpha value is -3.77. The molecule has 0 unspecified atom stereocenters. The Bertz CT molecular complexity index is 1160. The molecule has 1 saturated heterocycles. The van der Waals surface area contributed by atoms with Crippen molar-refractivity contribution in [2.24, 2.45) is 0 Å². The van der Waals surface area contributed by atoms with E-state index in [0.717, 1.165) is 5.56 Å². The maximum atomic E-state index is 12.9. The Morgan fingerprint density at radius 2 is 1.71 bits per heavy atom. The van der Waals surface area contributed by atoms with Crippen LogP contribution in [0.5, 0.6) is 11.5 Å². The summed E-state index contributed by atoms with van der Waals surface area (Å²) in [6.45, 7) is 0.201. The molecule has 31 heavy (non-hydrogen) atoms. The van der Waals surface area contributed by atoms with Crippen molar-refractivity contribution in [3.05, 3.63) is 94.5 Å². The average molecular weight is 435 g/mol. The van der Waals surface area contributed by atoms with Crippen LogP contribution in [0.15, 0.2) is 78.4 Å². The fourth-order valence-electron chi connectivity index (χ4n) is 3.20. The van der Waals surface area contributed by atoms with Gasteiger partial charge < -0.3 is 9.47 Å². The second kappa shape index (κ2) is 8.93. The number of benzene rings is 3. The van der Waals surface area contributed by atoms with E-state index in [1.165, 1.54) is 18.2 Å². The quantitative estimate of drug-likeness (QED) is 0.461. The molecule has 2 amide bonds. The van der Waals surface area contributed by atoms with E-state index in [4.69, 9.17) is 21.1 Å². The molecule has 7 heteroatoms. The van der Waals surface area contributed by atoms with Gasteiger partial charge in [0, 0.05) is 16.1 Å². The number of amides is 2. The van der Waals surface area contributed by atoms with E-state index in [1.54, 1.807) is 48.5 Å². The third-order valence-electron chi connectivity index (χ3n) is 4.76. The van der Waals surface area contributed by atoms with Gasteiger partial charge in [0.2, 0.25) is 0 Å². The summed E-state index contributed by atoms with van der Waals surface area (Å²) < 4.78 is 11.4. The van der Waals surface area contributed by atoms with Crippen LogP contribution < -0.4 is 19.9 Å². The summed E-state index contributed by atoms with van der Waals surface area (Å²) >= 11 is 6.23. The molecule has 156 valence electrons. The highest BCUT2D eigenvalue weighted by molar-refractivity contribution is 6.32. The largest absolute Gasteiger partial charge is 0.493 e. The molecule has 0 atom stereocenters. The maximum absolute atomic E-state index is 12.9. The third kappa shape index (κ3) is 4.25. The molecular formula is C24H19ClN2O4. The molecule has 3 aromatic rings. The second-order valence-electron chi connectivity index (χ2n) is 6.73. The van der Waals surface area contributed by atoms with Gasteiger partial charge in [0.25, 0.3) is 11.8 Å². The number of para-hydroxylation sites is 2. The summed E-state index contributed by atoms with van der Waals surface area (Å²) in [5.74, 6) is -0.0480. The number of carbonyl (C=O) groups is 2. The van der Waals surface area contributed by atoms with Crippen molar-refractivity contribution in [2.75, 3.05) is 12.1 Å². The van der Waals surface area contributed by atoms with Crippen LogP contribution in [-0.2, 0) is 16.2 Å². The molecular weight excluding hydrogens is 416 g/mol. The van der Waals surface area contributed by atoms with Gasteiger partial charge >= 0.3 is 0 Å². The van der Waals surface area contributed by atoms with Gasteiger partial charge in [-0.05, 0) is 30.3 Å². The van der Waals surface area contributed by atoms with E-state index in [9.17, 15) is 9.59 Å². The van der Waals surface area contributed by atoms with Crippen LogP contribution in [0, 0.1) is 0 Å². The topological polar surface area (TPSA) is 67.9 Å². The Balaban J connectivity index is 1.66. The molecule has 0 aromatic heterocycles. The fourth-order valence-corrected chi connectivity index (χ4v) is 3.39. The number of methoxy groups -OCH3 is 1. The zero-order valence-electron chi connectivity index (χ0n) is 16.7. The maximum Gasteiger partial charge on any atom is 0.282 e. The van der Waals surface area contributed by atoms with Crippen LogP contribution in [0.25, 0.3) is 6.08 Å².